The molecule has 0 saturated carbocycles. The number of β-amino-alcohol motifs (C(OH)–C–C–N with tert-alkyl or cyclic N) is 1. The predicted octanol–water partition coefficient (Wildman–Crippen LogP) is 1.12. The van der Waals surface area contributed by atoms with Gasteiger partial charge in [-0.25, -0.2) is 14.7 Å². The third-order valence-corrected chi connectivity index (χ3v) is 7.10. The molecule has 1 saturated heterocycles. The summed E-state index contributed by atoms with van der Waals surface area (Å²) in [7, 11) is 1.37. The summed E-state index contributed by atoms with van der Waals surface area (Å²) in [5.41, 5.74) is -0.116. The van der Waals surface area contributed by atoms with Crippen molar-refractivity contribution in [2.45, 2.75) is 33.0 Å². The van der Waals surface area contributed by atoms with E-state index in [2.05, 4.69) is 0 Å². The Kier molecular flexibility index (Phi) is 5.74. The Morgan fingerprint density at radius 3 is 2.63 bits per heavy atom. The van der Waals surface area contributed by atoms with E-state index in [4.69, 9.17) is 9.25 Å². The lowest BCUT2D eigenvalue weighted by Crippen LogP contribution is -2.39. The van der Waals surface area contributed by atoms with Crippen LogP contribution in [0.25, 0.3) is 21.3 Å². The number of aromatic nitrogens is 3. The first kappa shape index (κ1) is 23.3. The fraction of sp³-hybridized carbons (Fsp3) is 0.391. The van der Waals surface area contributed by atoms with Gasteiger partial charge in [-0.15, -0.1) is 11.3 Å². The minimum atomic E-state index is -0.852. The Bertz CT molecular complexity index is 1640. The number of oxazole rings is 1. The van der Waals surface area contributed by atoms with Crippen molar-refractivity contribution in [3.8, 4) is 0 Å². The highest BCUT2D eigenvalue weighted by Crippen LogP contribution is 2.32. The zero-order valence-electron chi connectivity index (χ0n) is 19.4. The first-order valence-corrected chi connectivity index (χ1v) is 12.0. The van der Waals surface area contributed by atoms with Crippen LogP contribution < -0.4 is 17.0 Å². The number of hydrogen-bond donors (Lipinski definition) is 1. The highest BCUT2D eigenvalue weighted by molar-refractivity contribution is 7.19. The summed E-state index contributed by atoms with van der Waals surface area (Å²) in [4.78, 5) is 58.6. The molecule has 1 unspecified atom stereocenters. The average molecular weight is 501 g/mol. The number of hydrogen-bond acceptors (Lipinski definition) is 8. The molecule has 0 radical (unpaired) electrons. The van der Waals surface area contributed by atoms with Crippen LogP contribution in [0.5, 0.6) is 0 Å². The molecule has 1 N–H and O–H groups in total. The monoisotopic (exact) mass is 500 g/mol. The van der Waals surface area contributed by atoms with Gasteiger partial charge in [-0.2, -0.15) is 0 Å². The fourth-order valence-corrected chi connectivity index (χ4v) is 5.56. The molecule has 0 spiro atoms. The van der Waals surface area contributed by atoms with Crippen LogP contribution >= 0.6 is 11.3 Å². The third-order valence-electron chi connectivity index (χ3n) is 5.91. The standard InChI is InChI=1S/C23H24N4O7S/c1-12(2)8-26-21-18(19(29)24(3)22(26)31)17(20(30)27-9-13(28)11-33-27)16(35-21)10-25-14-6-4-5-7-15(14)34-23(25)32/h4-7,12-13,28H,8-11H2,1-3H3. The van der Waals surface area contributed by atoms with Crippen LogP contribution in [0.4, 0.5) is 0 Å². The Hall–Kier alpha value is -3.48. The SMILES string of the molecule is CC(C)Cn1c(=O)n(C)c(=O)c2c(C(=O)N3CC(O)CO3)c(Cn3c(=O)oc4ccccc43)sc21. The second-order valence-corrected chi connectivity index (χ2v) is 10.1. The number of carbonyl (C=O) groups excluding carboxylic acids is 1. The van der Waals surface area contributed by atoms with Crippen LogP contribution in [0, 0.1) is 5.92 Å². The second kappa shape index (κ2) is 8.63. The molecule has 1 aliphatic rings. The van der Waals surface area contributed by atoms with Gasteiger partial charge in [0.25, 0.3) is 11.5 Å². The van der Waals surface area contributed by atoms with E-state index in [9.17, 15) is 24.3 Å². The number of thiophene rings is 1. The zero-order chi connectivity index (χ0) is 25.0. The summed E-state index contributed by atoms with van der Waals surface area (Å²) >= 11 is 1.12. The van der Waals surface area contributed by atoms with Crippen molar-refractivity contribution < 1.29 is 19.2 Å². The zero-order valence-corrected chi connectivity index (χ0v) is 20.2. The van der Waals surface area contributed by atoms with Gasteiger partial charge in [-0.3, -0.25) is 28.1 Å². The van der Waals surface area contributed by atoms with E-state index < -0.39 is 29.0 Å². The molecule has 184 valence electrons. The Morgan fingerprint density at radius 1 is 1.20 bits per heavy atom. The van der Waals surface area contributed by atoms with Crippen molar-refractivity contribution in [1.82, 2.24) is 18.8 Å². The van der Waals surface area contributed by atoms with Gasteiger partial charge in [0.1, 0.15) is 17.5 Å². The third kappa shape index (κ3) is 3.83. The molecule has 4 heterocycles. The summed E-state index contributed by atoms with van der Waals surface area (Å²) in [6.45, 7) is 4.07. The van der Waals surface area contributed by atoms with Crippen LogP contribution in [0.2, 0.25) is 0 Å². The molecule has 5 rings (SSSR count). The maximum atomic E-state index is 13.6. The van der Waals surface area contributed by atoms with Gasteiger partial charge in [0.15, 0.2) is 5.58 Å². The van der Waals surface area contributed by atoms with E-state index in [1.54, 1.807) is 24.3 Å². The first-order chi connectivity index (χ1) is 16.7. The number of amides is 1. The normalized spacial score (nSPS) is 16.3. The molecule has 4 aromatic rings. The molecule has 35 heavy (non-hydrogen) atoms. The highest BCUT2D eigenvalue weighted by Gasteiger charge is 2.33. The minimum absolute atomic E-state index is 0.0499. The van der Waals surface area contributed by atoms with Gasteiger partial charge in [0.2, 0.25) is 0 Å². The van der Waals surface area contributed by atoms with Crippen molar-refractivity contribution in [2.75, 3.05) is 13.2 Å². The predicted molar refractivity (Wildman–Crippen MR) is 129 cm³/mol. The van der Waals surface area contributed by atoms with Crippen LogP contribution in [-0.2, 0) is 25.0 Å². The van der Waals surface area contributed by atoms with E-state index in [0.717, 1.165) is 21.0 Å². The van der Waals surface area contributed by atoms with E-state index in [0.29, 0.717) is 27.4 Å². The number of rotatable bonds is 5. The van der Waals surface area contributed by atoms with Crippen LogP contribution in [0.15, 0.2) is 43.1 Å². The number of carbonyl (C=O) groups is 1. The van der Waals surface area contributed by atoms with Gasteiger partial charge in [0, 0.05) is 18.5 Å². The van der Waals surface area contributed by atoms with Gasteiger partial charge in [-0.1, -0.05) is 26.0 Å². The summed E-state index contributed by atoms with van der Waals surface area (Å²) in [5, 5.41) is 11.0. The molecular formula is C23H24N4O7S. The summed E-state index contributed by atoms with van der Waals surface area (Å²) in [5.74, 6) is -1.13. The number of para-hydroxylation sites is 2. The van der Waals surface area contributed by atoms with E-state index in [1.807, 2.05) is 13.8 Å². The molecule has 11 nitrogen and oxygen atoms in total. The molecule has 1 atom stereocenters. The Labute approximate surface area is 201 Å². The molecule has 12 heteroatoms. The quantitative estimate of drug-likeness (QED) is 0.435. The van der Waals surface area contributed by atoms with Crippen LogP contribution in [0.3, 0.4) is 0 Å². The summed E-state index contributed by atoms with van der Waals surface area (Å²) < 4.78 is 9.19. The number of nitrogens with zero attached hydrogens (tertiary/aromatic N) is 4. The molecule has 1 aromatic carbocycles. The maximum absolute atomic E-state index is 13.6. The van der Waals surface area contributed by atoms with Crippen molar-refractivity contribution in [2.24, 2.45) is 13.0 Å². The minimum Gasteiger partial charge on any atom is -0.408 e. The van der Waals surface area contributed by atoms with Crippen molar-refractivity contribution in [1.29, 1.82) is 0 Å². The van der Waals surface area contributed by atoms with Crippen molar-refractivity contribution in [3.05, 3.63) is 66.1 Å². The molecule has 1 aliphatic heterocycles. The molecule has 1 fully saturated rings. The van der Waals surface area contributed by atoms with E-state index >= 15 is 0 Å². The fourth-order valence-electron chi connectivity index (χ4n) is 4.29. The second-order valence-electron chi connectivity index (χ2n) is 8.97. The average Bonchev–Trinajstić information content (AvgIpc) is 3.50. The van der Waals surface area contributed by atoms with Gasteiger partial charge < -0.3 is 9.52 Å². The smallest absolute Gasteiger partial charge is 0.408 e. The Balaban J connectivity index is 1.79. The number of aliphatic hydroxyl groups is 1. The molecule has 1 amide bonds. The lowest BCUT2D eigenvalue weighted by atomic mass is 10.1. The maximum Gasteiger partial charge on any atom is 0.420 e. The first-order valence-electron chi connectivity index (χ1n) is 11.1. The largest absolute Gasteiger partial charge is 0.420 e. The number of fused-ring (bicyclic) bond motifs is 2. The number of hydroxylamine groups is 2. The number of aliphatic hydroxyl groups excluding tert-OH is 1. The molecule has 0 bridgehead atoms. The summed E-state index contributed by atoms with van der Waals surface area (Å²) in [6, 6.07) is 6.90. The summed E-state index contributed by atoms with van der Waals surface area (Å²) in [6.07, 6.45) is -0.852. The van der Waals surface area contributed by atoms with Gasteiger partial charge >= 0.3 is 11.4 Å². The van der Waals surface area contributed by atoms with Gasteiger partial charge in [0.05, 0.1) is 29.6 Å². The van der Waals surface area contributed by atoms with Crippen LogP contribution in [-0.4, -0.2) is 49.0 Å². The topological polar surface area (TPSA) is 129 Å². The van der Waals surface area contributed by atoms with E-state index in [-0.39, 0.29) is 36.6 Å². The molecule has 3 aromatic heterocycles. The lowest BCUT2D eigenvalue weighted by molar-refractivity contribution is -0.0778. The highest BCUT2D eigenvalue weighted by atomic mass is 32.1. The lowest BCUT2D eigenvalue weighted by Gasteiger charge is -2.15. The van der Waals surface area contributed by atoms with Crippen molar-refractivity contribution in [3.63, 3.8) is 0 Å². The molecular weight excluding hydrogens is 476 g/mol. The van der Waals surface area contributed by atoms with E-state index in [1.165, 1.54) is 16.2 Å². The number of benzene rings is 1. The molecule has 0 aliphatic carbocycles. The Morgan fingerprint density at radius 2 is 1.94 bits per heavy atom. The van der Waals surface area contributed by atoms with Crippen molar-refractivity contribution >= 4 is 38.6 Å². The van der Waals surface area contributed by atoms with Gasteiger partial charge in [-0.05, 0) is 18.1 Å². The van der Waals surface area contributed by atoms with Crippen LogP contribution in [0.1, 0.15) is 29.1 Å².